The Hall–Kier alpha value is -4.03. The van der Waals surface area contributed by atoms with Crippen LogP contribution in [0.5, 0.6) is 5.75 Å². The molecule has 4 aliphatic rings. The molecular formula is C35H44BN5O6. The molecule has 11 nitrogen and oxygen atoms in total. The number of nitrogens with one attached hydrogen (secondary N) is 1. The molecule has 2 aromatic carbocycles. The molecule has 3 saturated heterocycles. The zero-order valence-electron chi connectivity index (χ0n) is 26.9. The highest BCUT2D eigenvalue weighted by molar-refractivity contribution is 6.34. The number of amides is 4. The van der Waals surface area contributed by atoms with Crippen LogP contribution in [0.15, 0.2) is 43.0 Å². The van der Waals surface area contributed by atoms with Crippen LogP contribution in [0.25, 0.3) is 6.08 Å². The molecule has 1 atom stereocenters. The Kier molecular flexibility index (Phi) is 10.4. The summed E-state index contributed by atoms with van der Waals surface area (Å²) in [7, 11) is 6.06. The van der Waals surface area contributed by atoms with Gasteiger partial charge in [-0.25, -0.2) is 9.59 Å². The summed E-state index contributed by atoms with van der Waals surface area (Å²) in [5, 5.41) is 13.3. The minimum atomic E-state index is -1.06. The maximum absolute atomic E-state index is 14.0. The number of phenolic OH excluding ortho intramolecular Hbond substituents is 1. The third kappa shape index (κ3) is 7.60. The molecule has 0 saturated carbocycles. The van der Waals surface area contributed by atoms with Gasteiger partial charge in [0.15, 0.2) is 6.10 Å². The maximum Gasteiger partial charge on any atom is 0.410 e. The highest BCUT2D eigenvalue weighted by atomic mass is 16.6. The normalized spacial score (nSPS) is 20.6. The summed E-state index contributed by atoms with van der Waals surface area (Å²) < 4.78 is 11.5. The Morgan fingerprint density at radius 2 is 1.68 bits per heavy atom. The number of ether oxygens (including phenoxy) is 2. The van der Waals surface area contributed by atoms with Crippen molar-refractivity contribution < 1.29 is 29.0 Å². The Bertz CT molecular complexity index is 1470. The number of fused-ring (bicyclic) bond motifs is 1. The first-order valence-corrected chi connectivity index (χ1v) is 16.8. The highest BCUT2D eigenvalue weighted by Gasteiger charge is 2.36. The zero-order valence-corrected chi connectivity index (χ0v) is 26.9. The number of urea groups is 1. The molecule has 6 rings (SSSR count). The number of hydrogen-bond donors (Lipinski definition) is 2. The molecule has 0 spiro atoms. The van der Waals surface area contributed by atoms with E-state index in [-0.39, 0.29) is 35.6 Å². The van der Waals surface area contributed by atoms with E-state index in [9.17, 15) is 19.5 Å². The van der Waals surface area contributed by atoms with Crippen molar-refractivity contribution in [2.24, 2.45) is 0 Å². The predicted molar refractivity (Wildman–Crippen MR) is 180 cm³/mol. The van der Waals surface area contributed by atoms with Crippen molar-refractivity contribution >= 4 is 43.1 Å². The number of benzene rings is 2. The van der Waals surface area contributed by atoms with Gasteiger partial charge in [0.2, 0.25) is 0 Å². The van der Waals surface area contributed by atoms with Crippen molar-refractivity contribution in [3.8, 4) is 5.75 Å². The first-order valence-electron chi connectivity index (χ1n) is 16.8. The number of carbonyl (C=O) groups excluding carboxylic acids is 3. The Balaban J connectivity index is 1.10. The fourth-order valence-corrected chi connectivity index (χ4v) is 7.30. The first-order chi connectivity index (χ1) is 22.8. The molecule has 4 aliphatic heterocycles. The number of rotatable bonds is 7. The number of nitrogens with zero attached hydrogens (tertiary/aromatic N) is 4. The van der Waals surface area contributed by atoms with Crippen LogP contribution < -0.4 is 10.8 Å². The lowest BCUT2D eigenvalue weighted by atomic mass is 9.89. The maximum atomic E-state index is 14.0. The van der Waals surface area contributed by atoms with E-state index in [1.807, 2.05) is 29.2 Å². The second-order valence-corrected chi connectivity index (χ2v) is 12.9. The largest absolute Gasteiger partial charge is 0.508 e. The minimum Gasteiger partial charge on any atom is -0.508 e. The monoisotopic (exact) mass is 641 g/mol. The van der Waals surface area contributed by atoms with Crippen LogP contribution in [0.3, 0.4) is 0 Å². The average molecular weight is 642 g/mol. The first kappa shape index (κ1) is 32.9. The van der Waals surface area contributed by atoms with Gasteiger partial charge < -0.3 is 34.6 Å². The fraction of sp³-hybridized carbons (Fsp3) is 0.514. The Morgan fingerprint density at radius 1 is 1.00 bits per heavy atom. The number of piperidine rings is 2. The number of morpholine rings is 1. The standard InChI is InChI=1S/C35H44BN5O6/c1-2-25-21-24(22-29(36)32(25)42)23-31(33(43)39-12-8-27(9-13-39)38-17-19-46-20-18-38)47-35(45)40-14-10-28(11-15-40)41-16-7-26-5-3-4-6-30(26)37-34(41)44/h2-6,21-22,27-28,31,42H,1,7-20,23H2,(H,37,44)/t31-/m1/s1. The fourth-order valence-electron chi connectivity index (χ4n) is 7.30. The molecule has 47 heavy (non-hydrogen) atoms. The van der Waals surface area contributed by atoms with E-state index in [1.165, 1.54) is 6.08 Å². The second-order valence-electron chi connectivity index (χ2n) is 12.9. The number of likely N-dealkylation sites (tertiary alicyclic amines) is 2. The van der Waals surface area contributed by atoms with E-state index in [1.54, 1.807) is 21.9 Å². The van der Waals surface area contributed by atoms with Crippen LogP contribution >= 0.6 is 0 Å². The molecule has 0 aliphatic carbocycles. The van der Waals surface area contributed by atoms with Crippen molar-refractivity contribution in [2.45, 2.75) is 56.7 Å². The van der Waals surface area contributed by atoms with Crippen molar-refractivity contribution in [1.82, 2.24) is 19.6 Å². The average Bonchev–Trinajstić information content (AvgIpc) is 3.27. The number of carbonyl (C=O) groups is 3. The van der Waals surface area contributed by atoms with Crippen LogP contribution in [-0.4, -0.2) is 128 Å². The van der Waals surface area contributed by atoms with Gasteiger partial charge in [0.25, 0.3) is 5.91 Å². The van der Waals surface area contributed by atoms with Crippen molar-refractivity contribution in [3.63, 3.8) is 0 Å². The van der Waals surface area contributed by atoms with Gasteiger partial charge in [-0.05, 0) is 55.4 Å². The zero-order chi connectivity index (χ0) is 32.9. The summed E-state index contributed by atoms with van der Waals surface area (Å²) >= 11 is 0. The van der Waals surface area contributed by atoms with E-state index in [0.717, 1.165) is 56.8 Å². The number of phenols is 1. The second kappa shape index (κ2) is 14.8. The topological polar surface area (TPSA) is 115 Å². The predicted octanol–water partition coefficient (Wildman–Crippen LogP) is 2.75. The van der Waals surface area contributed by atoms with Crippen molar-refractivity contribution in [2.75, 3.05) is 64.3 Å². The lowest BCUT2D eigenvalue weighted by molar-refractivity contribution is -0.142. The smallest absolute Gasteiger partial charge is 0.410 e. The summed E-state index contributed by atoms with van der Waals surface area (Å²) in [6.07, 6.45) is 3.70. The quantitative estimate of drug-likeness (QED) is 0.447. The molecule has 0 bridgehead atoms. The van der Waals surface area contributed by atoms with Crippen LogP contribution in [-0.2, 0) is 27.1 Å². The van der Waals surface area contributed by atoms with Gasteiger partial charge in [0, 0.05) is 75.6 Å². The van der Waals surface area contributed by atoms with E-state index >= 15 is 0 Å². The highest BCUT2D eigenvalue weighted by Crippen LogP contribution is 2.26. The minimum absolute atomic E-state index is 0.00384. The number of para-hydroxylation sites is 1. The molecule has 3 fully saturated rings. The number of aromatic hydroxyl groups is 1. The van der Waals surface area contributed by atoms with Crippen LogP contribution in [0, 0.1) is 0 Å². The summed E-state index contributed by atoms with van der Waals surface area (Å²) in [5.74, 6) is -0.306. The van der Waals surface area contributed by atoms with Crippen molar-refractivity contribution in [3.05, 3.63) is 59.7 Å². The van der Waals surface area contributed by atoms with Gasteiger partial charge >= 0.3 is 12.1 Å². The van der Waals surface area contributed by atoms with Crippen LogP contribution in [0.2, 0.25) is 0 Å². The molecule has 12 heteroatoms. The molecule has 248 valence electrons. The molecule has 2 aromatic rings. The Morgan fingerprint density at radius 3 is 2.40 bits per heavy atom. The van der Waals surface area contributed by atoms with E-state index < -0.39 is 12.2 Å². The molecular weight excluding hydrogens is 597 g/mol. The summed E-state index contributed by atoms with van der Waals surface area (Å²) in [5.41, 5.74) is 3.24. The van der Waals surface area contributed by atoms with E-state index in [4.69, 9.17) is 17.3 Å². The molecule has 4 heterocycles. The third-order valence-corrected chi connectivity index (χ3v) is 10.0. The summed E-state index contributed by atoms with van der Waals surface area (Å²) in [6.45, 7) is 9.63. The SMILES string of the molecule is [B]c1cc(C[C@@H](OC(=O)N2CCC(N3CCc4ccccc4NC3=O)CC2)C(=O)N2CCC(N3CCOCC3)CC2)cc(C=C)c1O. The summed E-state index contributed by atoms with van der Waals surface area (Å²) in [6, 6.07) is 11.4. The molecule has 2 N–H and O–H groups in total. The lowest BCUT2D eigenvalue weighted by Gasteiger charge is -2.41. The van der Waals surface area contributed by atoms with Gasteiger partial charge in [-0.1, -0.05) is 42.4 Å². The molecule has 4 amide bonds. The van der Waals surface area contributed by atoms with Gasteiger partial charge in [-0.3, -0.25) is 9.69 Å². The number of hydrogen-bond acceptors (Lipinski definition) is 7. The third-order valence-electron chi connectivity index (χ3n) is 10.0. The molecule has 0 unspecified atom stereocenters. The van der Waals surface area contributed by atoms with Gasteiger partial charge in [-0.15, -0.1) is 0 Å². The van der Waals surface area contributed by atoms with Crippen molar-refractivity contribution in [1.29, 1.82) is 0 Å². The van der Waals surface area contributed by atoms with Gasteiger partial charge in [-0.2, -0.15) is 0 Å². The summed E-state index contributed by atoms with van der Waals surface area (Å²) in [4.78, 5) is 48.4. The Labute approximate surface area is 277 Å². The lowest BCUT2D eigenvalue weighted by Crippen LogP contribution is -2.53. The molecule has 2 radical (unpaired) electrons. The van der Waals surface area contributed by atoms with Gasteiger partial charge in [0.05, 0.1) is 13.2 Å². The van der Waals surface area contributed by atoms with E-state index in [2.05, 4.69) is 16.8 Å². The van der Waals surface area contributed by atoms with Crippen LogP contribution in [0.4, 0.5) is 15.3 Å². The number of anilines is 1. The van der Waals surface area contributed by atoms with E-state index in [0.29, 0.717) is 62.7 Å². The molecule has 0 aromatic heterocycles. The van der Waals surface area contributed by atoms with Crippen LogP contribution in [0.1, 0.15) is 42.4 Å². The van der Waals surface area contributed by atoms with Gasteiger partial charge in [0.1, 0.15) is 13.6 Å².